The van der Waals surface area contributed by atoms with Crippen LogP contribution in [0.2, 0.25) is 0 Å². The molecule has 2 aliphatic rings. The Kier molecular flexibility index (Phi) is 5.20. The van der Waals surface area contributed by atoms with Crippen molar-refractivity contribution in [2.24, 2.45) is 0 Å². The standard InChI is InChI=1S/C27H28FN/c28-27-7-3-6-24(19-27)21-11-14-29(15-12-21)13-10-20-8-9-25-17-22-4-1-2-5-23(22)18-26(25)16-20/h3,6-9,11,16-19H,1-2,4-5,10,12-15H2. The fraction of sp³-hybridized carbons (Fsp3) is 0.333. The van der Waals surface area contributed by atoms with Crippen LogP contribution in [0.5, 0.6) is 0 Å². The lowest BCUT2D eigenvalue weighted by molar-refractivity contribution is 0.306. The zero-order valence-corrected chi connectivity index (χ0v) is 17.0. The van der Waals surface area contributed by atoms with Gasteiger partial charge in [-0.15, -0.1) is 0 Å². The lowest BCUT2D eigenvalue weighted by Gasteiger charge is -2.26. The predicted molar refractivity (Wildman–Crippen MR) is 120 cm³/mol. The Hall–Kier alpha value is -2.45. The number of benzene rings is 3. The van der Waals surface area contributed by atoms with Gasteiger partial charge in [-0.3, -0.25) is 4.90 Å². The van der Waals surface area contributed by atoms with Crippen LogP contribution in [0.25, 0.3) is 16.3 Å². The van der Waals surface area contributed by atoms with E-state index in [9.17, 15) is 4.39 Å². The Labute approximate surface area is 172 Å². The van der Waals surface area contributed by atoms with Gasteiger partial charge in [-0.1, -0.05) is 48.5 Å². The minimum atomic E-state index is -0.150. The van der Waals surface area contributed by atoms with E-state index in [1.807, 2.05) is 6.07 Å². The molecule has 0 spiro atoms. The Morgan fingerprint density at radius 3 is 2.41 bits per heavy atom. The Balaban J connectivity index is 1.24. The zero-order valence-electron chi connectivity index (χ0n) is 17.0. The third-order valence-corrected chi connectivity index (χ3v) is 6.57. The van der Waals surface area contributed by atoms with Gasteiger partial charge >= 0.3 is 0 Å². The van der Waals surface area contributed by atoms with Crippen molar-refractivity contribution in [3.8, 4) is 0 Å². The van der Waals surface area contributed by atoms with Gasteiger partial charge in [0.2, 0.25) is 0 Å². The van der Waals surface area contributed by atoms with Gasteiger partial charge in [0.1, 0.15) is 5.82 Å². The molecule has 1 heterocycles. The highest BCUT2D eigenvalue weighted by Gasteiger charge is 2.14. The average molecular weight is 386 g/mol. The van der Waals surface area contributed by atoms with Crippen molar-refractivity contribution in [1.82, 2.24) is 4.90 Å². The number of hydrogen-bond acceptors (Lipinski definition) is 1. The maximum Gasteiger partial charge on any atom is 0.123 e. The Bertz CT molecular complexity index is 1070. The van der Waals surface area contributed by atoms with Crippen LogP contribution < -0.4 is 0 Å². The Morgan fingerprint density at radius 1 is 0.828 bits per heavy atom. The highest BCUT2D eigenvalue weighted by atomic mass is 19.1. The summed E-state index contributed by atoms with van der Waals surface area (Å²) in [4.78, 5) is 2.50. The number of aryl methyl sites for hydroxylation is 2. The summed E-state index contributed by atoms with van der Waals surface area (Å²) in [6.45, 7) is 3.07. The van der Waals surface area contributed by atoms with E-state index in [2.05, 4.69) is 41.3 Å². The van der Waals surface area contributed by atoms with Crippen LogP contribution in [0.15, 0.2) is 60.7 Å². The number of fused-ring (bicyclic) bond motifs is 2. The number of rotatable bonds is 4. The van der Waals surface area contributed by atoms with Crippen LogP contribution in [0.1, 0.15) is 41.5 Å². The van der Waals surface area contributed by atoms with Crippen LogP contribution in [-0.4, -0.2) is 24.5 Å². The summed E-state index contributed by atoms with van der Waals surface area (Å²) in [5.74, 6) is -0.150. The van der Waals surface area contributed by atoms with Crippen LogP contribution >= 0.6 is 0 Å². The second kappa shape index (κ2) is 8.12. The van der Waals surface area contributed by atoms with Crippen LogP contribution in [0.3, 0.4) is 0 Å². The minimum absolute atomic E-state index is 0.150. The summed E-state index contributed by atoms with van der Waals surface area (Å²) >= 11 is 0. The first kappa shape index (κ1) is 18.6. The van der Waals surface area contributed by atoms with E-state index in [0.29, 0.717) is 0 Å². The predicted octanol–water partition coefficient (Wildman–Crippen LogP) is 6.19. The van der Waals surface area contributed by atoms with Crippen molar-refractivity contribution >= 4 is 16.3 Å². The molecule has 0 fully saturated rings. The fourth-order valence-electron chi connectivity index (χ4n) is 4.85. The smallest absolute Gasteiger partial charge is 0.123 e. The molecule has 0 bridgehead atoms. The van der Waals surface area contributed by atoms with Gasteiger partial charge in [-0.05, 0) is 89.3 Å². The molecule has 0 radical (unpaired) electrons. The molecular weight excluding hydrogens is 357 g/mol. The molecule has 1 aliphatic heterocycles. The van der Waals surface area contributed by atoms with Crippen molar-refractivity contribution in [2.75, 3.05) is 19.6 Å². The first-order chi connectivity index (χ1) is 14.2. The molecule has 29 heavy (non-hydrogen) atoms. The normalized spacial score (nSPS) is 17.2. The first-order valence-electron chi connectivity index (χ1n) is 11.0. The van der Waals surface area contributed by atoms with Crippen LogP contribution in [0, 0.1) is 5.82 Å². The maximum atomic E-state index is 13.5. The number of nitrogens with zero attached hydrogens (tertiary/aromatic N) is 1. The SMILES string of the molecule is Fc1cccc(C2=CCN(CCc3ccc4cc5c(cc4c3)CCCC5)CC2)c1. The van der Waals surface area contributed by atoms with Gasteiger partial charge in [0.05, 0.1) is 0 Å². The lowest BCUT2D eigenvalue weighted by Crippen LogP contribution is -2.30. The van der Waals surface area contributed by atoms with Gasteiger partial charge in [0.25, 0.3) is 0 Å². The van der Waals surface area contributed by atoms with E-state index >= 15 is 0 Å². The molecular formula is C27H28FN. The summed E-state index contributed by atoms with van der Waals surface area (Å²) in [7, 11) is 0. The first-order valence-corrected chi connectivity index (χ1v) is 11.0. The van der Waals surface area contributed by atoms with Crippen molar-refractivity contribution in [2.45, 2.75) is 38.5 Å². The zero-order chi connectivity index (χ0) is 19.6. The fourth-order valence-corrected chi connectivity index (χ4v) is 4.85. The molecule has 1 nitrogen and oxygen atoms in total. The topological polar surface area (TPSA) is 3.24 Å². The lowest BCUT2D eigenvalue weighted by atomic mass is 9.89. The molecule has 0 saturated carbocycles. The van der Waals surface area contributed by atoms with E-state index < -0.39 is 0 Å². The molecule has 0 amide bonds. The Morgan fingerprint density at radius 2 is 1.66 bits per heavy atom. The molecule has 3 aromatic rings. The molecule has 2 heteroatoms. The largest absolute Gasteiger partial charge is 0.299 e. The maximum absolute atomic E-state index is 13.5. The van der Waals surface area contributed by atoms with Gasteiger partial charge < -0.3 is 0 Å². The van der Waals surface area contributed by atoms with E-state index in [1.165, 1.54) is 53.7 Å². The van der Waals surface area contributed by atoms with Crippen molar-refractivity contribution < 1.29 is 4.39 Å². The number of halogens is 1. The van der Waals surface area contributed by atoms with E-state index in [4.69, 9.17) is 0 Å². The molecule has 148 valence electrons. The minimum Gasteiger partial charge on any atom is -0.299 e. The molecule has 5 rings (SSSR count). The van der Waals surface area contributed by atoms with E-state index in [1.54, 1.807) is 23.3 Å². The van der Waals surface area contributed by atoms with Crippen molar-refractivity contribution in [1.29, 1.82) is 0 Å². The summed E-state index contributed by atoms with van der Waals surface area (Å²) in [5, 5.41) is 2.78. The number of hydrogen-bond donors (Lipinski definition) is 0. The summed E-state index contributed by atoms with van der Waals surface area (Å²) in [6.07, 6.45) is 9.49. The molecule has 0 unspecified atom stereocenters. The second-order valence-corrected chi connectivity index (χ2v) is 8.55. The molecule has 0 aromatic heterocycles. The molecule has 3 aromatic carbocycles. The monoisotopic (exact) mass is 385 g/mol. The quantitative estimate of drug-likeness (QED) is 0.518. The van der Waals surface area contributed by atoms with Gasteiger partial charge in [-0.25, -0.2) is 4.39 Å². The highest BCUT2D eigenvalue weighted by molar-refractivity contribution is 5.85. The summed E-state index contributed by atoms with van der Waals surface area (Å²) in [5.41, 5.74) is 6.85. The van der Waals surface area contributed by atoms with Gasteiger partial charge in [0.15, 0.2) is 0 Å². The summed E-state index contributed by atoms with van der Waals surface area (Å²) in [6, 6.07) is 18.8. The highest BCUT2D eigenvalue weighted by Crippen LogP contribution is 2.28. The summed E-state index contributed by atoms with van der Waals surface area (Å²) < 4.78 is 13.5. The molecule has 1 aliphatic carbocycles. The molecule has 0 N–H and O–H groups in total. The van der Waals surface area contributed by atoms with E-state index in [-0.39, 0.29) is 5.82 Å². The third-order valence-electron chi connectivity index (χ3n) is 6.57. The molecule has 0 atom stereocenters. The van der Waals surface area contributed by atoms with Crippen LogP contribution in [-0.2, 0) is 19.3 Å². The van der Waals surface area contributed by atoms with Gasteiger partial charge in [-0.2, -0.15) is 0 Å². The molecule has 0 saturated heterocycles. The third kappa shape index (κ3) is 4.13. The average Bonchev–Trinajstić information content (AvgIpc) is 2.76. The van der Waals surface area contributed by atoms with Crippen molar-refractivity contribution in [3.05, 3.63) is 88.7 Å². The van der Waals surface area contributed by atoms with Gasteiger partial charge in [0, 0.05) is 19.6 Å². The second-order valence-electron chi connectivity index (χ2n) is 8.55. The van der Waals surface area contributed by atoms with Crippen molar-refractivity contribution in [3.63, 3.8) is 0 Å². The van der Waals surface area contributed by atoms with Crippen LogP contribution in [0.4, 0.5) is 4.39 Å². The van der Waals surface area contributed by atoms with E-state index in [0.717, 1.165) is 38.0 Å².